The van der Waals surface area contributed by atoms with Gasteiger partial charge in [-0.05, 0) is 36.8 Å². The Bertz CT molecular complexity index is 1060. The maximum absolute atomic E-state index is 14.1. The van der Waals surface area contributed by atoms with Crippen LogP contribution in [0.25, 0.3) is 0 Å². The van der Waals surface area contributed by atoms with Crippen molar-refractivity contribution in [1.29, 1.82) is 5.26 Å². The summed E-state index contributed by atoms with van der Waals surface area (Å²) in [7, 11) is 0. The average Bonchev–Trinajstić information content (AvgIpc) is 3.10. The van der Waals surface area contributed by atoms with Crippen LogP contribution in [-0.4, -0.2) is 17.8 Å². The van der Waals surface area contributed by atoms with E-state index in [0.717, 1.165) is 12.1 Å². The van der Waals surface area contributed by atoms with Crippen molar-refractivity contribution < 1.29 is 22.8 Å². The van der Waals surface area contributed by atoms with Crippen LogP contribution < -0.4 is 5.32 Å². The van der Waals surface area contributed by atoms with Crippen LogP contribution >= 0.6 is 23.2 Å². The van der Waals surface area contributed by atoms with Crippen molar-refractivity contribution in [2.75, 3.05) is 5.32 Å². The predicted octanol–water partition coefficient (Wildman–Crippen LogP) is 5.74. The number of alkyl halides is 3. The Kier molecular flexibility index (Phi) is 5.97. The summed E-state index contributed by atoms with van der Waals surface area (Å²) in [6.07, 6.45) is -5.76. The normalized spacial score (nSPS) is 18.4. The number of nitrogens with one attached hydrogen (secondary N) is 1. The van der Waals surface area contributed by atoms with Gasteiger partial charge < -0.3 is 10.2 Å². The van der Waals surface area contributed by atoms with Gasteiger partial charge in [-0.15, -0.1) is 0 Å². The van der Waals surface area contributed by atoms with E-state index < -0.39 is 24.1 Å². The number of benzene rings is 2. The molecule has 5 nitrogen and oxygen atoms in total. The highest BCUT2D eigenvalue weighted by Crippen LogP contribution is 2.49. The molecule has 1 atom stereocenters. The van der Waals surface area contributed by atoms with Crippen molar-refractivity contribution >= 4 is 40.5 Å². The zero-order chi connectivity index (χ0) is 22.1. The number of oxime groups is 1. The lowest BCUT2D eigenvalue weighted by Gasteiger charge is -2.29. The van der Waals surface area contributed by atoms with Gasteiger partial charge in [-0.25, -0.2) is 0 Å². The van der Waals surface area contributed by atoms with E-state index in [4.69, 9.17) is 33.3 Å². The molecule has 0 fully saturated rings. The minimum atomic E-state index is -4.80. The summed E-state index contributed by atoms with van der Waals surface area (Å²) in [4.78, 5) is 16.7. The highest BCUT2D eigenvalue weighted by Gasteiger charge is 2.62. The molecular formula is C20H14Cl2F3N3O2. The fourth-order valence-electron chi connectivity index (χ4n) is 3.05. The molecule has 1 heterocycles. The fourth-order valence-corrected chi connectivity index (χ4v) is 3.57. The molecule has 0 bridgehead atoms. The lowest BCUT2D eigenvalue weighted by Crippen LogP contribution is -2.42. The average molecular weight is 456 g/mol. The zero-order valence-electron chi connectivity index (χ0n) is 15.5. The minimum Gasteiger partial charge on any atom is -0.374 e. The van der Waals surface area contributed by atoms with E-state index in [-0.39, 0.29) is 27.7 Å². The molecule has 0 radical (unpaired) electrons. The summed E-state index contributed by atoms with van der Waals surface area (Å²) < 4.78 is 42.2. The van der Waals surface area contributed by atoms with Crippen LogP contribution in [0.5, 0.6) is 0 Å². The van der Waals surface area contributed by atoms with Crippen LogP contribution in [0.2, 0.25) is 10.0 Å². The van der Waals surface area contributed by atoms with E-state index in [9.17, 15) is 18.0 Å². The Morgan fingerprint density at radius 2 is 1.93 bits per heavy atom. The van der Waals surface area contributed by atoms with Gasteiger partial charge in [0, 0.05) is 33.3 Å². The molecule has 156 valence electrons. The summed E-state index contributed by atoms with van der Waals surface area (Å²) in [5.41, 5.74) is -1.59. The topological polar surface area (TPSA) is 74.5 Å². The van der Waals surface area contributed by atoms with E-state index in [0.29, 0.717) is 16.8 Å². The second kappa shape index (κ2) is 8.17. The molecule has 0 saturated carbocycles. The quantitative estimate of drug-likeness (QED) is 0.638. The van der Waals surface area contributed by atoms with Crippen molar-refractivity contribution in [3.8, 4) is 6.07 Å². The molecule has 2 aromatic rings. The molecule has 1 aliphatic rings. The largest absolute Gasteiger partial charge is 0.435 e. The van der Waals surface area contributed by atoms with Gasteiger partial charge in [0.05, 0.1) is 11.8 Å². The van der Waals surface area contributed by atoms with E-state index in [1.807, 2.05) is 0 Å². The third-order valence-corrected chi connectivity index (χ3v) is 5.04. The summed E-state index contributed by atoms with van der Waals surface area (Å²) in [5, 5.41) is 14.9. The van der Waals surface area contributed by atoms with Gasteiger partial charge in [0.15, 0.2) is 0 Å². The maximum Gasteiger partial charge on any atom is 0.435 e. The molecule has 3 rings (SSSR count). The monoisotopic (exact) mass is 455 g/mol. The van der Waals surface area contributed by atoms with E-state index in [1.165, 1.54) is 12.1 Å². The molecule has 10 heteroatoms. The second-order valence-electron chi connectivity index (χ2n) is 6.70. The first-order valence-electron chi connectivity index (χ1n) is 8.62. The molecule has 2 aromatic carbocycles. The Morgan fingerprint density at radius 3 is 2.53 bits per heavy atom. The number of halogens is 5. The summed E-state index contributed by atoms with van der Waals surface area (Å²) in [6, 6.07) is 10.0. The standard InChI is InChI=1S/C20H14Cl2F3N3O2/c1-11-2-3-12(6-16(11)27-18(29)4-5-26)17-10-19(30-28-17,20(23,24)25)13-7-14(21)9-15(22)8-13/h2-3,6-9H,4,10H2,1H3,(H,27,29). The number of hydrogen-bond donors (Lipinski definition) is 1. The van der Waals surface area contributed by atoms with Gasteiger partial charge in [-0.2, -0.15) is 18.4 Å². The third-order valence-electron chi connectivity index (χ3n) is 4.60. The van der Waals surface area contributed by atoms with Crippen LogP contribution in [0.4, 0.5) is 18.9 Å². The van der Waals surface area contributed by atoms with Gasteiger partial charge in [0.25, 0.3) is 5.60 Å². The van der Waals surface area contributed by atoms with Gasteiger partial charge in [0.1, 0.15) is 6.42 Å². The van der Waals surface area contributed by atoms with Crippen LogP contribution in [0.15, 0.2) is 41.6 Å². The minimum absolute atomic E-state index is 0.0380. The maximum atomic E-state index is 14.1. The predicted molar refractivity (Wildman–Crippen MR) is 106 cm³/mol. The highest BCUT2D eigenvalue weighted by atomic mass is 35.5. The summed E-state index contributed by atoms with van der Waals surface area (Å²) in [5.74, 6) is -0.527. The first-order valence-corrected chi connectivity index (χ1v) is 9.37. The number of carbonyl (C=O) groups excluding carboxylic acids is 1. The highest BCUT2D eigenvalue weighted by molar-refractivity contribution is 6.34. The summed E-state index contributed by atoms with van der Waals surface area (Å²) >= 11 is 11.8. The van der Waals surface area contributed by atoms with Crippen molar-refractivity contribution in [2.24, 2.45) is 5.16 Å². The van der Waals surface area contributed by atoms with Crippen LogP contribution in [0, 0.1) is 18.3 Å². The molecule has 0 aromatic heterocycles. The number of nitrogens with zero attached hydrogens (tertiary/aromatic N) is 2. The second-order valence-corrected chi connectivity index (χ2v) is 7.57. The van der Waals surface area contributed by atoms with Crippen molar-refractivity contribution in [2.45, 2.75) is 31.5 Å². The fraction of sp³-hybridized carbons (Fsp3) is 0.250. The van der Waals surface area contributed by atoms with E-state index in [2.05, 4.69) is 10.5 Å². The SMILES string of the molecule is Cc1ccc(C2=NOC(c3cc(Cl)cc(Cl)c3)(C(F)(F)F)C2)cc1NC(=O)CC#N. The van der Waals surface area contributed by atoms with E-state index >= 15 is 0 Å². The smallest absolute Gasteiger partial charge is 0.374 e. The van der Waals surface area contributed by atoms with Crippen LogP contribution in [0.1, 0.15) is 29.5 Å². The molecule has 1 amide bonds. The lowest BCUT2D eigenvalue weighted by atomic mass is 9.86. The lowest BCUT2D eigenvalue weighted by molar-refractivity contribution is -0.275. The third kappa shape index (κ3) is 4.23. The van der Waals surface area contributed by atoms with Crippen molar-refractivity contribution in [3.63, 3.8) is 0 Å². The molecule has 30 heavy (non-hydrogen) atoms. The number of nitriles is 1. The van der Waals surface area contributed by atoms with Gasteiger partial charge in [0.2, 0.25) is 5.91 Å². The number of hydrogen-bond acceptors (Lipinski definition) is 4. The Morgan fingerprint density at radius 1 is 1.27 bits per heavy atom. The zero-order valence-corrected chi connectivity index (χ0v) is 17.0. The van der Waals surface area contributed by atoms with Crippen molar-refractivity contribution in [1.82, 2.24) is 0 Å². The van der Waals surface area contributed by atoms with Gasteiger partial charge in [-0.3, -0.25) is 4.79 Å². The first-order chi connectivity index (χ1) is 14.1. The Balaban J connectivity index is 1.97. The molecule has 1 unspecified atom stereocenters. The molecule has 1 aliphatic heterocycles. The Labute approximate surface area is 180 Å². The van der Waals surface area contributed by atoms with Crippen LogP contribution in [-0.2, 0) is 15.2 Å². The number of carbonyl (C=O) groups is 1. The van der Waals surface area contributed by atoms with Gasteiger partial charge >= 0.3 is 6.18 Å². The summed E-state index contributed by atoms with van der Waals surface area (Å²) in [6.45, 7) is 1.71. The van der Waals surface area contributed by atoms with E-state index in [1.54, 1.807) is 25.1 Å². The molecule has 0 aliphatic carbocycles. The molecule has 0 saturated heterocycles. The molecular weight excluding hydrogens is 442 g/mol. The number of rotatable bonds is 4. The Hall–Kier alpha value is -2.76. The number of aryl methyl sites for hydroxylation is 1. The van der Waals surface area contributed by atoms with Crippen molar-refractivity contribution in [3.05, 3.63) is 63.1 Å². The first kappa shape index (κ1) is 21.9. The number of amides is 1. The molecule has 1 N–H and O–H groups in total. The number of anilines is 1. The van der Waals surface area contributed by atoms with Gasteiger partial charge in [-0.1, -0.05) is 40.5 Å². The molecule has 0 spiro atoms. The van der Waals surface area contributed by atoms with Crippen LogP contribution in [0.3, 0.4) is 0 Å².